The lowest BCUT2D eigenvalue weighted by molar-refractivity contribution is -0.121. The summed E-state index contributed by atoms with van der Waals surface area (Å²) in [7, 11) is 0. The summed E-state index contributed by atoms with van der Waals surface area (Å²) in [6.07, 6.45) is 0.726. The van der Waals surface area contributed by atoms with Crippen molar-refractivity contribution in [2.45, 2.75) is 19.4 Å². The molecule has 0 unspecified atom stereocenters. The highest BCUT2D eigenvalue weighted by molar-refractivity contribution is 7.14. The summed E-state index contributed by atoms with van der Waals surface area (Å²) in [4.78, 5) is 36.2. The summed E-state index contributed by atoms with van der Waals surface area (Å²) < 4.78 is 13.0. The minimum Gasteiger partial charge on any atom is -0.349 e. The van der Waals surface area contributed by atoms with Gasteiger partial charge in [-0.05, 0) is 42.8 Å². The van der Waals surface area contributed by atoms with Crippen LogP contribution in [0, 0.1) is 5.82 Å². The molecule has 0 saturated carbocycles. The van der Waals surface area contributed by atoms with Crippen molar-refractivity contribution in [2.75, 3.05) is 5.32 Å². The standard InChI is InChI=1S/C21H18FN5O2S/c22-14-7-5-13(6-8-14)20(29)27-21-24-15(12-30-21)9-10-19(28)23-11-18-25-16-3-1-2-4-17(16)26-18/h1-8,12H,9-11H2,(H,23,28)(H,25,26)(H,24,27,29). The molecule has 0 spiro atoms. The van der Waals surface area contributed by atoms with Crippen molar-refractivity contribution < 1.29 is 14.0 Å². The number of nitrogens with one attached hydrogen (secondary N) is 3. The quantitative estimate of drug-likeness (QED) is 0.422. The Morgan fingerprint density at radius 1 is 1.07 bits per heavy atom. The molecule has 7 nitrogen and oxygen atoms in total. The van der Waals surface area contributed by atoms with Gasteiger partial charge in [-0.15, -0.1) is 11.3 Å². The Bertz CT molecular complexity index is 1150. The molecular formula is C21H18FN5O2S. The highest BCUT2D eigenvalue weighted by Crippen LogP contribution is 2.18. The topological polar surface area (TPSA) is 99.8 Å². The molecule has 152 valence electrons. The first-order valence-electron chi connectivity index (χ1n) is 9.28. The number of aryl methyl sites for hydroxylation is 1. The normalized spacial score (nSPS) is 10.8. The lowest BCUT2D eigenvalue weighted by atomic mass is 10.2. The molecule has 0 fully saturated rings. The van der Waals surface area contributed by atoms with Crippen LogP contribution in [0.5, 0.6) is 0 Å². The average Bonchev–Trinajstić information content (AvgIpc) is 3.37. The third kappa shape index (κ3) is 4.87. The number of thiazole rings is 1. The van der Waals surface area contributed by atoms with Crippen molar-refractivity contribution in [3.8, 4) is 0 Å². The number of amides is 2. The monoisotopic (exact) mass is 423 g/mol. The summed E-state index contributed by atoms with van der Waals surface area (Å²) >= 11 is 1.28. The van der Waals surface area contributed by atoms with E-state index >= 15 is 0 Å². The van der Waals surface area contributed by atoms with Gasteiger partial charge in [0, 0.05) is 17.4 Å². The van der Waals surface area contributed by atoms with Gasteiger partial charge in [-0.2, -0.15) is 0 Å². The van der Waals surface area contributed by atoms with E-state index in [9.17, 15) is 14.0 Å². The van der Waals surface area contributed by atoms with Crippen LogP contribution in [0.2, 0.25) is 0 Å². The minimum atomic E-state index is -0.401. The molecule has 4 aromatic rings. The predicted molar refractivity (Wildman–Crippen MR) is 113 cm³/mol. The first-order valence-corrected chi connectivity index (χ1v) is 10.2. The average molecular weight is 423 g/mol. The molecule has 0 aliphatic rings. The SMILES string of the molecule is O=C(CCc1csc(NC(=O)c2ccc(F)cc2)n1)NCc1nc2ccccc2[nH]1. The first kappa shape index (κ1) is 19.7. The van der Waals surface area contributed by atoms with E-state index in [1.54, 1.807) is 5.38 Å². The maximum Gasteiger partial charge on any atom is 0.257 e. The van der Waals surface area contributed by atoms with Crippen LogP contribution in [-0.4, -0.2) is 26.8 Å². The number of benzene rings is 2. The van der Waals surface area contributed by atoms with E-state index in [0.717, 1.165) is 11.0 Å². The zero-order valence-electron chi connectivity index (χ0n) is 15.8. The Morgan fingerprint density at radius 3 is 2.67 bits per heavy atom. The van der Waals surface area contributed by atoms with Crippen LogP contribution in [0.4, 0.5) is 9.52 Å². The van der Waals surface area contributed by atoms with Crippen molar-refractivity contribution in [1.29, 1.82) is 0 Å². The lowest BCUT2D eigenvalue weighted by Crippen LogP contribution is -2.23. The zero-order chi connectivity index (χ0) is 20.9. The zero-order valence-corrected chi connectivity index (χ0v) is 16.6. The van der Waals surface area contributed by atoms with Gasteiger partial charge in [-0.3, -0.25) is 14.9 Å². The van der Waals surface area contributed by atoms with Gasteiger partial charge in [0.2, 0.25) is 5.91 Å². The Labute approximate surface area is 175 Å². The van der Waals surface area contributed by atoms with Gasteiger partial charge in [-0.25, -0.2) is 14.4 Å². The number of rotatable bonds is 7. The molecule has 2 amide bonds. The molecule has 0 saturated heterocycles. The smallest absolute Gasteiger partial charge is 0.257 e. The van der Waals surface area contributed by atoms with Gasteiger partial charge < -0.3 is 10.3 Å². The highest BCUT2D eigenvalue weighted by atomic mass is 32.1. The Kier molecular flexibility index (Phi) is 5.80. The minimum absolute atomic E-state index is 0.111. The largest absolute Gasteiger partial charge is 0.349 e. The van der Waals surface area contributed by atoms with E-state index in [4.69, 9.17) is 0 Å². The predicted octanol–water partition coefficient (Wildman–Crippen LogP) is 3.66. The van der Waals surface area contributed by atoms with E-state index in [2.05, 4.69) is 25.6 Å². The van der Waals surface area contributed by atoms with Crippen molar-refractivity contribution in [3.05, 3.63) is 76.8 Å². The van der Waals surface area contributed by atoms with Crippen LogP contribution in [-0.2, 0) is 17.8 Å². The van der Waals surface area contributed by atoms with E-state index in [0.29, 0.717) is 35.2 Å². The molecule has 0 atom stereocenters. The number of fused-ring (bicyclic) bond motifs is 1. The summed E-state index contributed by atoms with van der Waals surface area (Å²) in [6, 6.07) is 13.0. The van der Waals surface area contributed by atoms with Crippen LogP contribution in [0.15, 0.2) is 53.9 Å². The molecule has 30 heavy (non-hydrogen) atoms. The number of para-hydroxylation sites is 2. The van der Waals surface area contributed by atoms with Crippen LogP contribution < -0.4 is 10.6 Å². The van der Waals surface area contributed by atoms with Crippen molar-refractivity contribution >= 4 is 39.3 Å². The molecule has 2 aromatic carbocycles. The molecule has 2 aromatic heterocycles. The third-order valence-electron chi connectivity index (χ3n) is 4.38. The highest BCUT2D eigenvalue weighted by Gasteiger charge is 2.11. The number of anilines is 1. The number of aromatic nitrogens is 3. The van der Waals surface area contributed by atoms with Crippen molar-refractivity contribution in [2.24, 2.45) is 0 Å². The first-order chi connectivity index (χ1) is 14.6. The number of hydrogen-bond acceptors (Lipinski definition) is 5. The third-order valence-corrected chi connectivity index (χ3v) is 5.18. The summed E-state index contributed by atoms with van der Waals surface area (Å²) in [6.45, 7) is 0.323. The van der Waals surface area contributed by atoms with Crippen LogP contribution in [0.1, 0.15) is 28.3 Å². The maximum atomic E-state index is 13.0. The Balaban J connectivity index is 1.25. The molecular weight excluding hydrogens is 405 g/mol. The van der Waals surface area contributed by atoms with Gasteiger partial charge in [0.25, 0.3) is 5.91 Å². The molecule has 0 aliphatic carbocycles. The second-order valence-electron chi connectivity index (χ2n) is 6.58. The van der Waals surface area contributed by atoms with Crippen molar-refractivity contribution in [3.63, 3.8) is 0 Å². The van der Waals surface area contributed by atoms with Crippen LogP contribution in [0.3, 0.4) is 0 Å². The molecule has 0 radical (unpaired) electrons. The van der Waals surface area contributed by atoms with E-state index < -0.39 is 5.82 Å². The van der Waals surface area contributed by atoms with Gasteiger partial charge in [0.15, 0.2) is 5.13 Å². The van der Waals surface area contributed by atoms with Gasteiger partial charge in [0.1, 0.15) is 11.6 Å². The summed E-state index contributed by atoms with van der Waals surface area (Å²) in [5.74, 6) is -0.175. The fourth-order valence-electron chi connectivity index (χ4n) is 2.85. The second kappa shape index (κ2) is 8.83. The summed E-state index contributed by atoms with van der Waals surface area (Å²) in [5.41, 5.74) is 2.85. The fraction of sp³-hybridized carbons (Fsp3) is 0.143. The number of carbonyl (C=O) groups is 2. The number of halogens is 1. The van der Waals surface area contributed by atoms with E-state index in [1.165, 1.54) is 35.6 Å². The van der Waals surface area contributed by atoms with E-state index in [-0.39, 0.29) is 18.2 Å². The van der Waals surface area contributed by atoms with Gasteiger partial charge in [-0.1, -0.05) is 12.1 Å². The number of H-pyrrole nitrogens is 1. The number of aromatic amines is 1. The maximum absolute atomic E-state index is 13.0. The summed E-state index contributed by atoms with van der Waals surface area (Å²) in [5, 5.41) is 7.75. The van der Waals surface area contributed by atoms with Crippen molar-refractivity contribution in [1.82, 2.24) is 20.3 Å². The molecule has 3 N–H and O–H groups in total. The molecule has 4 rings (SSSR count). The second-order valence-corrected chi connectivity index (χ2v) is 7.44. The molecule has 2 heterocycles. The van der Waals surface area contributed by atoms with E-state index in [1.807, 2.05) is 24.3 Å². The molecule has 9 heteroatoms. The number of imidazole rings is 1. The Morgan fingerprint density at radius 2 is 1.87 bits per heavy atom. The lowest BCUT2D eigenvalue weighted by Gasteiger charge is -2.02. The molecule has 0 bridgehead atoms. The van der Waals surface area contributed by atoms with Gasteiger partial charge >= 0.3 is 0 Å². The fourth-order valence-corrected chi connectivity index (χ4v) is 3.59. The van der Waals surface area contributed by atoms with Crippen LogP contribution >= 0.6 is 11.3 Å². The number of hydrogen-bond donors (Lipinski definition) is 3. The number of carbonyl (C=O) groups excluding carboxylic acids is 2. The Hall–Kier alpha value is -3.59. The number of nitrogens with zero attached hydrogens (tertiary/aromatic N) is 2. The van der Waals surface area contributed by atoms with Crippen LogP contribution in [0.25, 0.3) is 11.0 Å². The van der Waals surface area contributed by atoms with Gasteiger partial charge in [0.05, 0.1) is 23.3 Å². The molecule has 0 aliphatic heterocycles.